The number of halogens is 1. The maximum absolute atomic E-state index is 12.1. The van der Waals surface area contributed by atoms with Crippen LogP contribution in [0.2, 0.25) is 5.15 Å². The number of H-pyrrole nitrogens is 2. The Morgan fingerprint density at radius 2 is 1.75 bits per heavy atom. The Morgan fingerprint density at radius 1 is 0.964 bits per heavy atom. The quantitative estimate of drug-likeness (QED) is 0.559. The number of hydrogen-bond donors (Lipinski definition) is 2. The zero-order valence-corrected chi connectivity index (χ0v) is 15.4. The minimum Gasteiger partial charge on any atom is -0.313 e. The molecule has 1 fully saturated rings. The largest absolute Gasteiger partial charge is 0.325 e. The molecule has 0 bridgehead atoms. The van der Waals surface area contributed by atoms with E-state index in [1.54, 1.807) is 6.07 Å². The smallest absolute Gasteiger partial charge is 0.313 e. The summed E-state index contributed by atoms with van der Waals surface area (Å²) < 4.78 is 0. The van der Waals surface area contributed by atoms with Crippen LogP contribution in [0.25, 0.3) is 22.0 Å². The fourth-order valence-corrected chi connectivity index (χ4v) is 4.07. The van der Waals surface area contributed by atoms with Gasteiger partial charge in [0.25, 0.3) is 5.56 Å². The SMILES string of the molecule is O=c1[nH]cc(-c2cc(C3CC3c3cccc4ccccc34)c(Cl)nn2)c(=O)[nH]1. The average Bonchev–Trinajstić information content (AvgIpc) is 3.49. The summed E-state index contributed by atoms with van der Waals surface area (Å²) in [7, 11) is 0. The molecule has 1 aliphatic rings. The zero-order chi connectivity index (χ0) is 19.3. The summed E-state index contributed by atoms with van der Waals surface area (Å²) in [6.07, 6.45) is 2.30. The predicted octanol–water partition coefficient (Wildman–Crippen LogP) is 3.60. The second-order valence-corrected chi connectivity index (χ2v) is 7.34. The maximum atomic E-state index is 12.1. The van der Waals surface area contributed by atoms with Gasteiger partial charge in [0.2, 0.25) is 0 Å². The highest BCUT2D eigenvalue weighted by Gasteiger charge is 2.42. The van der Waals surface area contributed by atoms with E-state index in [1.807, 2.05) is 12.1 Å². The molecule has 1 saturated carbocycles. The Labute approximate surface area is 164 Å². The van der Waals surface area contributed by atoms with E-state index in [0.29, 0.717) is 16.8 Å². The van der Waals surface area contributed by atoms with Crippen LogP contribution in [0.3, 0.4) is 0 Å². The van der Waals surface area contributed by atoms with Gasteiger partial charge in [0, 0.05) is 6.20 Å². The van der Waals surface area contributed by atoms with Crippen LogP contribution in [-0.2, 0) is 0 Å². The Morgan fingerprint density at radius 3 is 2.61 bits per heavy atom. The standard InChI is InChI=1S/C21H15ClN4O2/c22-19-16(9-18(25-26-19)17-10-23-21(28)24-20(17)27)15-8-14(15)13-7-3-5-11-4-1-2-6-12(11)13/h1-7,9-10,14-15H,8H2,(H2,23,24,27,28). The van der Waals surface area contributed by atoms with Crippen molar-refractivity contribution in [2.24, 2.45) is 0 Å². The first-order chi connectivity index (χ1) is 13.6. The van der Waals surface area contributed by atoms with Crippen molar-refractivity contribution in [3.05, 3.63) is 91.8 Å². The molecule has 0 spiro atoms. The Balaban J connectivity index is 1.54. The van der Waals surface area contributed by atoms with Crippen molar-refractivity contribution in [2.45, 2.75) is 18.3 Å². The molecule has 0 saturated heterocycles. The van der Waals surface area contributed by atoms with Gasteiger partial charge >= 0.3 is 5.69 Å². The number of benzene rings is 2. The molecule has 2 atom stereocenters. The molecular formula is C21H15ClN4O2. The molecule has 2 aromatic heterocycles. The number of nitrogens with zero attached hydrogens (tertiary/aromatic N) is 2. The van der Waals surface area contributed by atoms with E-state index in [4.69, 9.17) is 11.6 Å². The molecule has 5 rings (SSSR count). The molecule has 2 aromatic carbocycles. The summed E-state index contributed by atoms with van der Waals surface area (Å²) in [5.74, 6) is 0.559. The molecule has 2 heterocycles. The van der Waals surface area contributed by atoms with Crippen molar-refractivity contribution in [3.63, 3.8) is 0 Å². The number of rotatable bonds is 3. The van der Waals surface area contributed by atoms with Gasteiger partial charge in [-0.15, -0.1) is 10.2 Å². The fraction of sp³-hybridized carbons (Fsp3) is 0.143. The van der Waals surface area contributed by atoms with Gasteiger partial charge in [-0.05, 0) is 46.2 Å². The molecule has 7 heteroatoms. The summed E-state index contributed by atoms with van der Waals surface area (Å²) in [5, 5.41) is 10.9. The Bertz CT molecular complexity index is 1320. The van der Waals surface area contributed by atoms with Crippen LogP contribution < -0.4 is 11.2 Å². The Hall–Kier alpha value is -3.25. The second-order valence-electron chi connectivity index (χ2n) is 6.98. The summed E-state index contributed by atoms with van der Waals surface area (Å²) in [5.41, 5.74) is 1.74. The lowest BCUT2D eigenvalue weighted by molar-refractivity contribution is 0.954. The van der Waals surface area contributed by atoms with Gasteiger partial charge < -0.3 is 4.98 Å². The lowest BCUT2D eigenvalue weighted by atomic mass is 9.98. The molecular weight excluding hydrogens is 376 g/mol. The molecule has 2 N–H and O–H groups in total. The number of aromatic amines is 2. The first kappa shape index (κ1) is 16.9. The molecule has 0 radical (unpaired) electrons. The lowest BCUT2D eigenvalue weighted by Gasteiger charge is -2.08. The summed E-state index contributed by atoms with van der Waals surface area (Å²) in [6.45, 7) is 0. The molecule has 138 valence electrons. The van der Waals surface area contributed by atoms with E-state index in [9.17, 15) is 9.59 Å². The third-order valence-electron chi connectivity index (χ3n) is 5.28. The van der Waals surface area contributed by atoms with Crippen LogP contribution in [0, 0.1) is 0 Å². The molecule has 0 amide bonds. The topological polar surface area (TPSA) is 91.5 Å². The molecule has 0 aliphatic heterocycles. The van der Waals surface area contributed by atoms with Gasteiger partial charge in [-0.3, -0.25) is 9.78 Å². The number of hydrogen-bond acceptors (Lipinski definition) is 4. The Kier molecular flexibility index (Phi) is 3.87. The van der Waals surface area contributed by atoms with E-state index in [1.165, 1.54) is 22.5 Å². The highest BCUT2D eigenvalue weighted by atomic mass is 35.5. The van der Waals surface area contributed by atoms with Crippen LogP contribution in [0.1, 0.15) is 29.4 Å². The number of fused-ring (bicyclic) bond motifs is 1. The monoisotopic (exact) mass is 390 g/mol. The van der Waals surface area contributed by atoms with Gasteiger partial charge in [-0.2, -0.15) is 0 Å². The highest BCUT2D eigenvalue weighted by molar-refractivity contribution is 6.30. The van der Waals surface area contributed by atoms with Gasteiger partial charge in [-0.1, -0.05) is 54.1 Å². The minimum atomic E-state index is -0.561. The first-order valence-electron chi connectivity index (χ1n) is 8.95. The van der Waals surface area contributed by atoms with Crippen molar-refractivity contribution in [1.82, 2.24) is 20.2 Å². The van der Waals surface area contributed by atoms with Crippen LogP contribution in [0.4, 0.5) is 0 Å². The molecule has 4 aromatic rings. The van der Waals surface area contributed by atoms with E-state index < -0.39 is 11.2 Å². The van der Waals surface area contributed by atoms with Gasteiger partial charge in [0.15, 0.2) is 5.15 Å². The summed E-state index contributed by atoms with van der Waals surface area (Å²) in [6, 6.07) is 16.5. The van der Waals surface area contributed by atoms with Crippen molar-refractivity contribution in [1.29, 1.82) is 0 Å². The van der Waals surface area contributed by atoms with Crippen LogP contribution in [0.15, 0.2) is 64.3 Å². The van der Waals surface area contributed by atoms with Gasteiger partial charge in [-0.25, -0.2) is 4.79 Å². The lowest BCUT2D eigenvalue weighted by Crippen LogP contribution is -2.23. The van der Waals surface area contributed by atoms with Crippen molar-refractivity contribution < 1.29 is 0 Å². The summed E-state index contributed by atoms with van der Waals surface area (Å²) in [4.78, 5) is 28.0. The third-order valence-corrected chi connectivity index (χ3v) is 5.58. The maximum Gasteiger partial charge on any atom is 0.325 e. The molecule has 6 nitrogen and oxygen atoms in total. The third kappa shape index (κ3) is 2.82. The van der Waals surface area contributed by atoms with E-state index in [2.05, 4.69) is 50.5 Å². The fourth-order valence-electron chi connectivity index (χ4n) is 3.84. The normalized spacial score (nSPS) is 18.3. The van der Waals surface area contributed by atoms with E-state index in [0.717, 1.165) is 12.0 Å². The van der Waals surface area contributed by atoms with Crippen LogP contribution in [-0.4, -0.2) is 20.2 Å². The van der Waals surface area contributed by atoms with E-state index >= 15 is 0 Å². The number of nitrogens with one attached hydrogen (secondary N) is 2. The van der Waals surface area contributed by atoms with Crippen molar-refractivity contribution in [2.75, 3.05) is 0 Å². The number of aromatic nitrogens is 4. The van der Waals surface area contributed by atoms with Crippen LogP contribution in [0.5, 0.6) is 0 Å². The summed E-state index contributed by atoms with van der Waals surface area (Å²) >= 11 is 6.34. The predicted molar refractivity (Wildman–Crippen MR) is 108 cm³/mol. The molecule has 28 heavy (non-hydrogen) atoms. The zero-order valence-electron chi connectivity index (χ0n) is 14.6. The van der Waals surface area contributed by atoms with Crippen molar-refractivity contribution in [3.8, 4) is 11.3 Å². The minimum absolute atomic E-state index is 0.217. The second kappa shape index (κ2) is 6.42. The molecule has 2 unspecified atom stereocenters. The van der Waals surface area contributed by atoms with Gasteiger partial charge in [0.05, 0.1) is 5.56 Å². The highest BCUT2D eigenvalue weighted by Crippen LogP contribution is 2.57. The van der Waals surface area contributed by atoms with Crippen molar-refractivity contribution >= 4 is 22.4 Å². The average molecular weight is 391 g/mol. The molecule has 1 aliphatic carbocycles. The first-order valence-corrected chi connectivity index (χ1v) is 9.33. The van der Waals surface area contributed by atoms with E-state index in [-0.39, 0.29) is 11.5 Å². The van der Waals surface area contributed by atoms with Crippen LogP contribution >= 0.6 is 11.6 Å². The van der Waals surface area contributed by atoms with Gasteiger partial charge in [0.1, 0.15) is 5.69 Å².